The fraction of sp³-hybridized carbons (Fsp3) is 0.0909. The van der Waals surface area contributed by atoms with E-state index in [1.165, 1.54) is 11.3 Å². The zero-order chi connectivity index (χ0) is 22.1. The van der Waals surface area contributed by atoms with Crippen molar-refractivity contribution in [2.24, 2.45) is 0 Å². The Morgan fingerprint density at radius 3 is 2.78 bits per heavy atom. The van der Waals surface area contributed by atoms with Gasteiger partial charge in [-0.2, -0.15) is 0 Å². The van der Waals surface area contributed by atoms with E-state index in [0.717, 1.165) is 0 Å². The molecule has 0 radical (unpaired) electrons. The number of para-hydroxylation sites is 1. The summed E-state index contributed by atoms with van der Waals surface area (Å²) in [6.07, 6.45) is -0.0668. The molecule has 0 saturated carbocycles. The largest absolute Gasteiger partial charge is 0.454 e. The maximum absolute atomic E-state index is 12.5. The third-order valence-corrected chi connectivity index (χ3v) is 5.47. The smallest absolute Gasteiger partial charge is 0.360 e. The Bertz CT molecular complexity index is 1410. The lowest BCUT2D eigenvalue weighted by Gasteiger charge is -2.04. The van der Waals surface area contributed by atoms with Crippen molar-refractivity contribution >= 4 is 44.9 Å². The van der Waals surface area contributed by atoms with Gasteiger partial charge < -0.3 is 19.2 Å². The first-order chi connectivity index (χ1) is 15.5. The molecule has 0 saturated heterocycles. The first-order valence-electron chi connectivity index (χ1n) is 9.53. The van der Waals surface area contributed by atoms with Gasteiger partial charge in [0, 0.05) is 16.3 Å². The van der Waals surface area contributed by atoms with Gasteiger partial charge in [0.2, 0.25) is 12.7 Å². The van der Waals surface area contributed by atoms with E-state index in [0.29, 0.717) is 38.9 Å². The number of nitrogens with one attached hydrogen (secondary N) is 2. The SMILES string of the molecule is O=C(Cc1csc(NC(=O)c2ccc3c(c2)OCO3)n1)Nc1cc2ccccc2oc1=O. The van der Waals surface area contributed by atoms with Crippen molar-refractivity contribution in [3.63, 3.8) is 0 Å². The highest BCUT2D eigenvalue weighted by Crippen LogP contribution is 2.32. The molecule has 0 unspecified atom stereocenters. The first-order valence-corrected chi connectivity index (χ1v) is 10.4. The lowest BCUT2D eigenvalue weighted by molar-refractivity contribution is -0.115. The van der Waals surface area contributed by atoms with Crippen molar-refractivity contribution in [3.8, 4) is 11.5 Å². The van der Waals surface area contributed by atoms with Crippen LogP contribution in [0.2, 0.25) is 0 Å². The van der Waals surface area contributed by atoms with Crippen LogP contribution >= 0.6 is 11.3 Å². The third kappa shape index (κ3) is 4.03. The summed E-state index contributed by atoms with van der Waals surface area (Å²) in [5.41, 5.74) is 0.718. The molecule has 9 nitrogen and oxygen atoms in total. The molecule has 0 bridgehead atoms. The highest BCUT2D eigenvalue weighted by atomic mass is 32.1. The minimum Gasteiger partial charge on any atom is -0.454 e. The van der Waals surface area contributed by atoms with Crippen molar-refractivity contribution in [3.05, 3.63) is 75.6 Å². The lowest BCUT2D eigenvalue weighted by Crippen LogP contribution is -2.19. The molecule has 3 heterocycles. The molecule has 0 atom stereocenters. The maximum Gasteiger partial charge on any atom is 0.360 e. The van der Waals surface area contributed by atoms with Crippen molar-refractivity contribution in [2.45, 2.75) is 6.42 Å². The van der Waals surface area contributed by atoms with E-state index in [2.05, 4.69) is 15.6 Å². The number of ether oxygens (including phenoxy) is 2. The molecule has 160 valence electrons. The van der Waals surface area contributed by atoms with E-state index in [1.54, 1.807) is 47.8 Å². The normalized spacial score (nSPS) is 12.0. The molecule has 10 heteroatoms. The van der Waals surface area contributed by atoms with Gasteiger partial charge in [-0.3, -0.25) is 14.9 Å². The first kappa shape index (κ1) is 19.8. The van der Waals surface area contributed by atoms with Crippen LogP contribution in [-0.2, 0) is 11.2 Å². The van der Waals surface area contributed by atoms with E-state index < -0.39 is 11.5 Å². The van der Waals surface area contributed by atoms with E-state index in [-0.39, 0.29) is 24.8 Å². The van der Waals surface area contributed by atoms with Crippen LogP contribution in [0.3, 0.4) is 0 Å². The van der Waals surface area contributed by atoms with Crippen LogP contribution in [0, 0.1) is 0 Å². The van der Waals surface area contributed by atoms with Crippen molar-refractivity contribution in [1.82, 2.24) is 4.98 Å². The maximum atomic E-state index is 12.5. The molecule has 1 aliphatic heterocycles. The fourth-order valence-electron chi connectivity index (χ4n) is 3.16. The molecule has 0 fully saturated rings. The molecule has 2 N–H and O–H groups in total. The Labute approximate surface area is 184 Å². The zero-order valence-corrected chi connectivity index (χ0v) is 17.2. The second-order valence-electron chi connectivity index (χ2n) is 6.88. The number of rotatable bonds is 5. The highest BCUT2D eigenvalue weighted by molar-refractivity contribution is 7.14. The summed E-state index contributed by atoms with van der Waals surface area (Å²) in [6, 6.07) is 13.5. The topological polar surface area (TPSA) is 120 Å². The average molecular weight is 449 g/mol. The fourth-order valence-corrected chi connectivity index (χ4v) is 3.87. The van der Waals surface area contributed by atoms with Crippen LogP contribution in [0.25, 0.3) is 11.0 Å². The molecular weight excluding hydrogens is 434 g/mol. The van der Waals surface area contributed by atoms with Gasteiger partial charge in [0.1, 0.15) is 11.3 Å². The Morgan fingerprint density at radius 2 is 1.88 bits per heavy atom. The number of carbonyl (C=O) groups excluding carboxylic acids is 2. The second kappa shape index (κ2) is 8.16. The molecule has 32 heavy (non-hydrogen) atoms. The van der Waals surface area contributed by atoms with Crippen molar-refractivity contribution in [2.75, 3.05) is 17.4 Å². The number of benzene rings is 2. The van der Waals surface area contributed by atoms with E-state index in [1.807, 2.05) is 6.07 Å². The number of thiazole rings is 1. The van der Waals surface area contributed by atoms with E-state index in [4.69, 9.17) is 13.9 Å². The van der Waals surface area contributed by atoms with Gasteiger partial charge in [0.05, 0.1) is 12.1 Å². The predicted octanol–water partition coefficient (Wildman–Crippen LogP) is 3.41. The number of carbonyl (C=O) groups is 2. The lowest BCUT2D eigenvalue weighted by atomic mass is 10.2. The van der Waals surface area contributed by atoms with Crippen molar-refractivity contribution in [1.29, 1.82) is 0 Å². The van der Waals surface area contributed by atoms with Crippen LogP contribution in [0.5, 0.6) is 11.5 Å². The summed E-state index contributed by atoms with van der Waals surface area (Å²) in [5.74, 6) is 0.311. The number of fused-ring (bicyclic) bond motifs is 2. The summed E-state index contributed by atoms with van der Waals surface area (Å²) in [5, 5.41) is 7.97. The number of amides is 2. The Hall–Kier alpha value is -4.18. The molecule has 2 amide bonds. The van der Waals surface area contributed by atoms with Gasteiger partial charge in [-0.15, -0.1) is 11.3 Å². The van der Waals surface area contributed by atoms with Gasteiger partial charge in [-0.25, -0.2) is 9.78 Å². The van der Waals surface area contributed by atoms with Gasteiger partial charge >= 0.3 is 5.63 Å². The van der Waals surface area contributed by atoms with Gasteiger partial charge in [0.15, 0.2) is 16.6 Å². The third-order valence-electron chi connectivity index (χ3n) is 4.66. The second-order valence-corrected chi connectivity index (χ2v) is 7.73. The molecule has 1 aliphatic rings. The highest BCUT2D eigenvalue weighted by Gasteiger charge is 2.17. The molecule has 2 aromatic heterocycles. The summed E-state index contributed by atoms with van der Waals surface area (Å²) >= 11 is 1.19. The minimum atomic E-state index is -0.632. The summed E-state index contributed by atoms with van der Waals surface area (Å²) < 4.78 is 15.7. The number of anilines is 2. The summed E-state index contributed by atoms with van der Waals surface area (Å²) in [4.78, 5) is 41.2. The molecular formula is C22H15N3O6S. The summed E-state index contributed by atoms with van der Waals surface area (Å²) in [6.45, 7) is 0.124. The van der Waals surface area contributed by atoms with Crippen LogP contribution in [0.1, 0.15) is 16.1 Å². The van der Waals surface area contributed by atoms with E-state index in [9.17, 15) is 14.4 Å². The van der Waals surface area contributed by atoms with Crippen LogP contribution in [0.15, 0.2) is 63.1 Å². The Morgan fingerprint density at radius 1 is 1.03 bits per heavy atom. The minimum absolute atomic E-state index is 0.0558. The molecule has 4 aromatic rings. The van der Waals surface area contributed by atoms with Gasteiger partial charge in [-0.05, 0) is 30.3 Å². The monoisotopic (exact) mass is 449 g/mol. The number of hydrogen-bond donors (Lipinski definition) is 2. The van der Waals surface area contributed by atoms with Crippen LogP contribution in [-0.4, -0.2) is 23.6 Å². The van der Waals surface area contributed by atoms with Crippen molar-refractivity contribution < 1.29 is 23.5 Å². The standard InChI is InChI=1S/C22H15N3O6S/c26-19(24-15-7-12-3-1-2-4-16(12)31-21(15)28)9-14-10-32-22(23-14)25-20(27)13-5-6-17-18(8-13)30-11-29-17/h1-8,10H,9,11H2,(H,24,26)(H,23,25,27). The summed E-state index contributed by atoms with van der Waals surface area (Å²) in [7, 11) is 0. The molecule has 5 rings (SSSR count). The van der Waals surface area contributed by atoms with Gasteiger partial charge in [0.25, 0.3) is 5.91 Å². The predicted molar refractivity (Wildman–Crippen MR) is 117 cm³/mol. The Balaban J connectivity index is 1.23. The van der Waals surface area contributed by atoms with Crippen LogP contribution in [0.4, 0.5) is 10.8 Å². The van der Waals surface area contributed by atoms with E-state index >= 15 is 0 Å². The average Bonchev–Trinajstić information content (AvgIpc) is 3.42. The van der Waals surface area contributed by atoms with Gasteiger partial charge in [-0.1, -0.05) is 18.2 Å². The quantitative estimate of drug-likeness (QED) is 0.448. The number of aromatic nitrogens is 1. The molecule has 0 spiro atoms. The molecule has 0 aliphatic carbocycles. The Kier molecular flexibility index (Phi) is 5.04. The number of nitrogens with zero attached hydrogens (tertiary/aromatic N) is 1. The van der Waals surface area contributed by atoms with Crippen LogP contribution < -0.4 is 25.7 Å². The number of hydrogen-bond acceptors (Lipinski definition) is 8. The zero-order valence-electron chi connectivity index (χ0n) is 16.4. The molecule has 2 aromatic carbocycles.